The van der Waals surface area contributed by atoms with Gasteiger partial charge in [-0.1, -0.05) is 30.3 Å². The van der Waals surface area contributed by atoms with Crippen molar-refractivity contribution >= 4 is 31.8 Å². The van der Waals surface area contributed by atoms with Crippen molar-refractivity contribution in [1.82, 2.24) is 14.7 Å². The van der Waals surface area contributed by atoms with Gasteiger partial charge in [-0.05, 0) is 65.1 Å². The molecule has 0 bridgehead atoms. The molecule has 0 radical (unpaired) electrons. The van der Waals surface area contributed by atoms with Crippen LogP contribution < -0.4 is 9.46 Å². The lowest BCUT2D eigenvalue weighted by Gasteiger charge is -2.18. The molecule has 182 valence electrons. The van der Waals surface area contributed by atoms with Gasteiger partial charge in [-0.15, -0.1) is 0 Å². The van der Waals surface area contributed by atoms with Gasteiger partial charge in [0.15, 0.2) is 0 Å². The number of hydrogen-bond donors (Lipinski definition) is 3. The van der Waals surface area contributed by atoms with Gasteiger partial charge in [0.2, 0.25) is 10.0 Å². The van der Waals surface area contributed by atoms with Gasteiger partial charge in [0.25, 0.3) is 0 Å². The van der Waals surface area contributed by atoms with Gasteiger partial charge in [-0.3, -0.25) is 4.98 Å². The highest BCUT2D eigenvalue weighted by Gasteiger charge is 2.29. The van der Waals surface area contributed by atoms with E-state index in [-0.39, 0.29) is 11.5 Å². The maximum absolute atomic E-state index is 13.6. The molecule has 0 spiro atoms. The van der Waals surface area contributed by atoms with Crippen LogP contribution in [0.15, 0.2) is 84.0 Å². The number of benzene rings is 3. The number of aromatic nitrogens is 2. The first-order chi connectivity index (χ1) is 17.5. The number of rotatable bonds is 7. The Morgan fingerprint density at radius 2 is 1.94 bits per heavy atom. The van der Waals surface area contributed by atoms with Crippen molar-refractivity contribution in [2.75, 3.05) is 13.2 Å². The Morgan fingerprint density at radius 3 is 2.83 bits per heavy atom. The predicted molar refractivity (Wildman–Crippen MR) is 140 cm³/mol. The minimum atomic E-state index is -3.98. The number of aliphatic hydroxyl groups is 1. The third kappa shape index (κ3) is 4.13. The number of aromatic amines is 1. The molecule has 2 aromatic heterocycles. The summed E-state index contributed by atoms with van der Waals surface area (Å²) < 4.78 is 35.7. The van der Waals surface area contributed by atoms with E-state index in [1.807, 2.05) is 66.9 Å². The average molecular weight is 500 g/mol. The van der Waals surface area contributed by atoms with E-state index < -0.39 is 16.1 Å². The molecular weight excluding hydrogens is 474 g/mol. The Hall–Kier alpha value is -3.72. The van der Waals surface area contributed by atoms with Crippen LogP contribution >= 0.6 is 0 Å². The second-order valence-corrected chi connectivity index (χ2v) is 10.7. The van der Waals surface area contributed by atoms with Gasteiger partial charge < -0.3 is 14.8 Å². The molecule has 8 heteroatoms. The molecule has 0 fully saturated rings. The maximum atomic E-state index is 13.6. The van der Waals surface area contributed by atoms with Gasteiger partial charge in [0.1, 0.15) is 10.6 Å². The summed E-state index contributed by atoms with van der Waals surface area (Å²) in [6, 6.07) is 20.5. The number of hydrogen-bond acceptors (Lipinski definition) is 5. The van der Waals surface area contributed by atoms with Crippen LogP contribution in [0.3, 0.4) is 0 Å². The lowest BCUT2D eigenvalue weighted by atomic mass is 10.0. The lowest BCUT2D eigenvalue weighted by molar-refractivity contribution is 0.256. The zero-order chi connectivity index (χ0) is 24.7. The number of nitrogens with zero attached hydrogens (tertiary/aromatic N) is 1. The molecule has 3 N–H and O–H groups in total. The first-order valence-electron chi connectivity index (χ1n) is 11.8. The second kappa shape index (κ2) is 9.05. The third-order valence-electron chi connectivity index (χ3n) is 6.66. The van der Waals surface area contributed by atoms with Crippen LogP contribution in [-0.4, -0.2) is 42.7 Å². The van der Waals surface area contributed by atoms with Gasteiger partial charge in [0, 0.05) is 41.1 Å². The molecule has 1 aliphatic rings. The number of ether oxygens (including phenoxy) is 1. The fraction of sp³-hybridized carbons (Fsp3) is 0.179. The summed E-state index contributed by atoms with van der Waals surface area (Å²) in [4.78, 5) is 7.67. The van der Waals surface area contributed by atoms with E-state index in [1.54, 1.807) is 12.3 Å². The molecule has 3 heterocycles. The Labute approximate surface area is 208 Å². The van der Waals surface area contributed by atoms with Crippen LogP contribution in [-0.2, 0) is 22.9 Å². The van der Waals surface area contributed by atoms with Crippen molar-refractivity contribution in [2.24, 2.45) is 0 Å². The number of pyridine rings is 1. The number of para-hydroxylation sites is 1. The number of aliphatic hydroxyl groups excluding tert-OH is 1. The van der Waals surface area contributed by atoms with Crippen molar-refractivity contribution in [2.45, 2.75) is 23.8 Å². The van der Waals surface area contributed by atoms with E-state index in [9.17, 15) is 13.5 Å². The van der Waals surface area contributed by atoms with E-state index in [2.05, 4.69) is 14.7 Å². The molecule has 0 saturated heterocycles. The van der Waals surface area contributed by atoms with Crippen LogP contribution in [0.5, 0.6) is 5.75 Å². The van der Waals surface area contributed by atoms with Crippen molar-refractivity contribution in [3.63, 3.8) is 0 Å². The zero-order valence-electron chi connectivity index (χ0n) is 19.4. The maximum Gasteiger partial charge on any atom is 0.244 e. The summed E-state index contributed by atoms with van der Waals surface area (Å²) in [6.07, 6.45) is 4.59. The van der Waals surface area contributed by atoms with Crippen molar-refractivity contribution in [3.05, 3.63) is 90.3 Å². The molecule has 0 aliphatic carbocycles. The van der Waals surface area contributed by atoms with E-state index in [4.69, 9.17) is 4.74 Å². The summed E-state index contributed by atoms with van der Waals surface area (Å²) in [6.45, 7) is 0.0981. The van der Waals surface area contributed by atoms with Crippen LogP contribution in [0.1, 0.15) is 11.1 Å². The predicted octanol–water partition coefficient (Wildman–Crippen LogP) is 4.20. The van der Waals surface area contributed by atoms with Crippen LogP contribution in [0.25, 0.3) is 32.9 Å². The Morgan fingerprint density at radius 1 is 1.06 bits per heavy atom. The number of nitrogens with one attached hydrogen (secondary N) is 2. The minimum absolute atomic E-state index is 0.0937. The molecule has 5 aromatic rings. The molecule has 3 aromatic carbocycles. The van der Waals surface area contributed by atoms with E-state index in [0.29, 0.717) is 25.2 Å². The lowest BCUT2D eigenvalue weighted by Crippen LogP contribution is -2.39. The van der Waals surface area contributed by atoms with Crippen LogP contribution in [0, 0.1) is 0 Å². The molecule has 0 saturated carbocycles. The fourth-order valence-electron chi connectivity index (χ4n) is 4.89. The summed E-state index contributed by atoms with van der Waals surface area (Å²) in [7, 11) is -3.98. The summed E-state index contributed by atoms with van der Waals surface area (Å²) >= 11 is 0. The molecule has 0 unspecified atom stereocenters. The highest BCUT2D eigenvalue weighted by atomic mass is 32.2. The Bertz CT molecular complexity index is 1690. The highest BCUT2D eigenvalue weighted by Crippen LogP contribution is 2.38. The standard InChI is InChI=1S/C28H25N3O4S/c32-17-23(14-22-16-30-26-6-2-1-5-24(22)26)31-36(33,34)27-15-21(13-20-9-11-35-28(20)27)18-7-8-25-19(12-18)4-3-10-29-25/h1-8,10,12-13,15-16,23,30-32H,9,11,14,17H2/t23-/m1/s1. The number of sulfonamides is 1. The van der Waals surface area contributed by atoms with Gasteiger partial charge in [0.05, 0.1) is 18.7 Å². The van der Waals surface area contributed by atoms with Crippen LogP contribution in [0.2, 0.25) is 0 Å². The smallest absolute Gasteiger partial charge is 0.244 e. The molecule has 36 heavy (non-hydrogen) atoms. The van der Waals surface area contributed by atoms with Crippen LogP contribution in [0.4, 0.5) is 0 Å². The average Bonchev–Trinajstić information content (AvgIpc) is 3.54. The quantitative estimate of drug-likeness (QED) is 0.311. The summed E-state index contributed by atoms with van der Waals surface area (Å²) in [5.41, 5.74) is 5.34. The van der Waals surface area contributed by atoms with E-state index in [1.165, 1.54) is 0 Å². The summed E-state index contributed by atoms with van der Waals surface area (Å²) in [5, 5.41) is 12.0. The first-order valence-corrected chi connectivity index (χ1v) is 13.3. The Balaban J connectivity index is 1.35. The Kier molecular flexibility index (Phi) is 5.72. The van der Waals surface area contributed by atoms with Gasteiger partial charge in [-0.25, -0.2) is 13.1 Å². The van der Waals surface area contributed by atoms with Crippen molar-refractivity contribution in [3.8, 4) is 16.9 Å². The van der Waals surface area contributed by atoms with E-state index >= 15 is 0 Å². The van der Waals surface area contributed by atoms with Crippen molar-refractivity contribution in [1.29, 1.82) is 0 Å². The summed E-state index contributed by atoms with van der Waals surface area (Å²) in [5.74, 6) is 0.387. The fourth-order valence-corrected chi connectivity index (χ4v) is 6.33. The third-order valence-corrected chi connectivity index (χ3v) is 8.18. The highest BCUT2D eigenvalue weighted by molar-refractivity contribution is 7.89. The topological polar surface area (TPSA) is 104 Å². The SMILES string of the molecule is O=S(=O)(N[C@@H](CO)Cc1c[nH]c2ccccc12)c1cc(-c2ccc3ncccc3c2)cc2c1OCC2. The van der Waals surface area contributed by atoms with E-state index in [0.717, 1.165) is 44.1 Å². The molecule has 6 rings (SSSR count). The molecule has 0 amide bonds. The van der Waals surface area contributed by atoms with Gasteiger partial charge in [-0.2, -0.15) is 0 Å². The second-order valence-electron chi connectivity index (χ2n) is 9.04. The normalized spacial score (nSPS) is 14.1. The minimum Gasteiger partial charge on any atom is -0.492 e. The molecule has 7 nitrogen and oxygen atoms in total. The number of fused-ring (bicyclic) bond motifs is 3. The van der Waals surface area contributed by atoms with Crippen molar-refractivity contribution < 1.29 is 18.3 Å². The zero-order valence-corrected chi connectivity index (χ0v) is 20.3. The molecular formula is C28H25N3O4S. The largest absolute Gasteiger partial charge is 0.492 e. The molecule has 1 atom stereocenters. The van der Waals surface area contributed by atoms with Gasteiger partial charge >= 0.3 is 0 Å². The first kappa shape index (κ1) is 22.7. The monoisotopic (exact) mass is 499 g/mol. The number of H-pyrrole nitrogens is 1. The molecule has 1 aliphatic heterocycles.